The molecule has 2 atom stereocenters. The van der Waals surface area contributed by atoms with Crippen molar-refractivity contribution in [3.63, 3.8) is 0 Å². The number of hydrogen-bond donors (Lipinski definition) is 0. The van der Waals surface area contributed by atoms with Crippen molar-refractivity contribution in [2.45, 2.75) is 36.2 Å². The van der Waals surface area contributed by atoms with E-state index in [2.05, 4.69) is 8.37 Å². The SMILES string of the molecule is O=C([O-])CC(C(=O)[O-])S(=O)(=O)OC(=O)CCC(=O)OS(=O)(=O)C(CC(=O)[O-])C(=O)[O-].[Ca+2].[Ca+2]. The van der Waals surface area contributed by atoms with Gasteiger partial charge in [0, 0.05) is 24.8 Å². The van der Waals surface area contributed by atoms with Gasteiger partial charge < -0.3 is 48.0 Å². The van der Waals surface area contributed by atoms with Crippen molar-refractivity contribution < 1.29 is 74.4 Å². The molecule has 0 aliphatic heterocycles. The van der Waals surface area contributed by atoms with Gasteiger partial charge >= 0.3 is 108 Å². The number of aliphatic carboxylic acids is 4. The maximum Gasteiger partial charge on any atom is 2.00 e. The van der Waals surface area contributed by atoms with E-state index in [1.54, 1.807) is 0 Å². The van der Waals surface area contributed by atoms with Crippen LogP contribution >= 0.6 is 0 Å². The molecule has 0 spiro atoms. The number of hydrogen-bond acceptors (Lipinski definition) is 16. The molecule has 0 saturated carbocycles. The Morgan fingerprint density at radius 1 is 0.594 bits per heavy atom. The van der Waals surface area contributed by atoms with E-state index in [1.807, 2.05) is 0 Å². The molecule has 0 aromatic rings. The summed E-state index contributed by atoms with van der Waals surface area (Å²) in [6.45, 7) is 0. The molecule has 0 amide bonds. The predicted molar refractivity (Wildman–Crippen MR) is 87.6 cm³/mol. The number of carboxylic acids is 4. The molecule has 0 heterocycles. The van der Waals surface area contributed by atoms with Crippen LogP contribution in [0.5, 0.6) is 0 Å². The summed E-state index contributed by atoms with van der Waals surface area (Å²) in [5, 5.41) is 36.4. The molecule has 0 aliphatic carbocycles. The minimum Gasteiger partial charge on any atom is -0.550 e. The standard InChI is InChI=1S/C12H14O16S2.2Ca/c13-7(14)3-5(11(19)20)29(23,24)27-9(17)1-2-10(18)28-30(25,26)6(12(21)22)4-8(15)16;;/h5-6H,1-4H2,(H,13,14)(H,15,16)(H,19,20)(H,21,22);;/q;2*+2/p-4. The van der Waals surface area contributed by atoms with Crippen molar-refractivity contribution in [1.82, 2.24) is 0 Å². The van der Waals surface area contributed by atoms with E-state index in [4.69, 9.17) is 0 Å². The first kappa shape index (κ1) is 35.8. The van der Waals surface area contributed by atoms with E-state index in [-0.39, 0.29) is 75.5 Å². The van der Waals surface area contributed by atoms with E-state index in [9.17, 15) is 66.0 Å². The Hall–Kier alpha value is -0.761. The Bertz CT molecular complexity index is 876. The first-order valence-corrected chi connectivity index (χ1v) is 10.2. The van der Waals surface area contributed by atoms with Gasteiger partial charge in [-0.1, -0.05) is 0 Å². The summed E-state index contributed by atoms with van der Waals surface area (Å²) in [5.74, 6) is -12.9. The maximum atomic E-state index is 11.6. The Kier molecular flexibility index (Phi) is 17.0. The number of carbonyl (C=O) groups is 6. The van der Waals surface area contributed by atoms with Gasteiger partial charge in [-0.05, 0) is 0 Å². The van der Waals surface area contributed by atoms with Crippen LogP contribution < -0.4 is 20.4 Å². The summed E-state index contributed by atoms with van der Waals surface area (Å²) in [6.07, 6.45) is -5.78. The second-order valence-corrected chi connectivity index (χ2v) is 8.61. The fourth-order valence-corrected chi connectivity index (χ4v) is 3.64. The van der Waals surface area contributed by atoms with E-state index in [0.29, 0.717) is 0 Å². The summed E-state index contributed by atoms with van der Waals surface area (Å²) in [6, 6.07) is 0. The predicted octanol–water partition coefficient (Wildman–Crippen LogP) is -8.73. The van der Waals surface area contributed by atoms with Crippen LogP contribution in [0.15, 0.2) is 0 Å². The van der Waals surface area contributed by atoms with Gasteiger partial charge in [-0.25, -0.2) is 0 Å². The fourth-order valence-electron chi connectivity index (χ4n) is 1.57. The van der Waals surface area contributed by atoms with Crippen LogP contribution in [0.4, 0.5) is 0 Å². The molecule has 0 aromatic heterocycles. The van der Waals surface area contributed by atoms with Gasteiger partial charge in [0.25, 0.3) is 0 Å². The zero-order chi connectivity index (χ0) is 23.9. The number of carboxylic acid groups (broad SMARTS) is 4. The van der Waals surface area contributed by atoms with Crippen molar-refractivity contribution in [2.75, 3.05) is 0 Å². The third-order valence-corrected chi connectivity index (χ3v) is 5.83. The average Bonchev–Trinajstić information content (AvgIpc) is 2.53. The zero-order valence-electron chi connectivity index (χ0n) is 15.7. The third-order valence-electron chi connectivity index (χ3n) is 2.88. The molecule has 2 unspecified atom stereocenters. The zero-order valence-corrected chi connectivity index (χ0v) is 21.8. The van der Waals surface area contributed by atoms with Crippen molar-refractivity contribution in [1.29, 1.82) is 0 Å². The van der Waals surface area contributed by atoms with E-state index in [1.165, 1.54) is 0 Å². The molecule has 20 heteroatoms. The minimum absolute atomic E-state index is 0. The van der Waals surface area contributed by atoms with Gasteiger partial charge in [0.2, 0.25) is 0 Å². The smallest absolute Gasteiger partial charge is 0.550 e. The molecule has 0 saturated heterocycles. The first-order chi connectivity index (χ1) is 13.5. The second kappa shape index (κ2) is 15.2. The van der Waals surface area contributed by atoms with Crippen LogP contribution in [0, 0.1) is 0 Å². The van der Waals surface area contributed by atoms with Crippen LogP contribution in [0.1, 0.15) is 25.7 Å². The van der Waals surface area contributed by atoms with Gasteiger partial charge in [-0.3, -0.25) is 9.59 Å². The van der Waals surface area contributed by atoms with Crippen molar-refractivity contribution >= 4 is 132 Å². The molecule has 32 heavy (non-hydrogen) atoms. The number of carbonyl (C=O) groups excluding carboxylic acids is 6. The van der Waals surface area contributed by atoms with Crippen LogP contribution in [-0.4, -0.2) is 139 Å². The van der Waals surface area contributed by atoms with Crippen LogP contribution in [0.3, 0.4) is 0 Å². The molecule has 170 valence electrons. The van der Waals surface area contributed by atoms with Crippen molar-refractivity contribution in [3.05, 3.63) is 0 Å². The molecule has 0 aliphatic rings. The van der Waals surface area contributed by atoms with Crippen LogP contribution in [0.25, 0.3) is 0 Å². The summed E-state index contributed by atoms with van der Waals surface area (Å²) >= 11 is 0. The summed E-state index contributed by atoms with van der Waals surface area (Å²) < 4.78 is 53.7. The van der Waals surface area contributed by atoms with Gasteiger partial charge in [0.15, 0.2) is 0 Å². The minimum atomic E-state index is -5.40. The summed E-state index contributed by atoms with van der Waals surface area (Å²) in [4.78, 5) is 64.8. The van der Waals surface area contributed by atoms with Gasteiger partial charge in [0.05, 0.1) is 24.8 Å². The molecule has 16 nitrogen and oxygen atoms in total. The molecular weight excluding hydrogens is 544 g/mol. The largest absolute Gasteiger partial charge is 2.00 e. The molecule has 0 rings (SSSR count). The van der Waals surface area contributed by atoms with Crippen LogP contribution in [-0.2, 0) is 57.4 Å². The van der Waals surface area contributed by atoms with Gasteiger partial charge in [-0.15, -0.1) is 0 Å². The molecule has 0 radical (unpaired) electrons. The average molecular weight is 554 g/mol. The molecule has 0 aromatic carbocycles. The second-order valence-electron chi connectivity index (χ2n) is 5.16. The Labute approximate surface area is 239 Å². The summed E-state index contributed by atoms with van der Waals surface area (Å²) in [7, 11) is -10.8. The van der Waals surface area contributed by atoms with Crippen molar-refractivity contribution in [2.24, 2.45) is 0 Å². The van der Waals surface area contributed by atoms with Crippen LogP contribution in [0.2, 0.25) is 0 Å². The van der Waals surface area contributed by atoms with Gasteiger partial charge in [-0.2, -0.15) is 16.8 Å². The quantitative estimate of drug-likeness (QED) is 0.151. The molecule has 0 bridgehead atoms. The normalized spacial score (nSPS) is 12.6. The van der Waals surface area contributed by atoms with Gasteiger partial charge in [0.1, 0.15) is 10.5 Å². The summed E-state index contributed by atoms with van der Waals surface area (Å²) in [5.41, 5.74) is 0. The Morgan fingerprint density at radius 3 is 1.03 bits per heavy atom. The monoisotopic (exact) mass is 554 g/mol. The van der Waals surface area contributed by atoms with Crippen molar-refractivity contribution in [3.8, 4) is 0 Å². The Balaban J connectivity index is -0.00000420. The van der Waals surface area contributed by atoms with E-state index < -0.39 is 92.2 Å². The van der Waals surface area contributed by atoms with E-state index in [0.717, 1.165) is 0 Å². The first-order valence-electron chi connectivity index (χ1n) is 7.23. The topological polar surface area (TPSA) is 281 Å². The van der Waals surface area contributed by atoms with E-state index >= 15 is 0 Å². The fraction of sp³-hybridized carbons (Fsp3) is 0.500. The number of rotatable bonds is 13. The maximum absolute atomic E-state index is 11.6. The Morgan fingerprint density at radius 2 is 0.844 bits per heavy atom. The third kappa shape index (κ3) is 13.1. The molecule has 0 fully saturated rings. The molecular formula is C12H10Ca2O16S2. The molecule has 0 N–H and O–H groups in total.